The van der Waals surface area contributed by atoms with E-state index in [0.717, 1.165) is 28.7 Å². The Morgan fingerprint density at radius 3 is 2.65 bits per heavy atom. The van der Waals surface area contributed by atoms with Crippen LogP contribution in [0.5, 0.6) is 0 Å². The molecule has 1 amide bonds. The maximum Gasteiger partial charge on any atom is 0.336 e. The highest BCUT2D eigenvalue weighted by Crippen LogP contribution is 2.21. The average molecular weight is 344 g/mol. The zero-order valence-electron chi connectivity index (χ0n) is 13.9. The van der Waals surface area contributed by atoms with E-state index in [1.807, 2.05) is 48.6 Å². The summed E-state index contributed by atoms with van der Waals surface area (Å²) in [5.74, 6) is -0.989. The Morgan fingerprint density at radius 2 is 1.85 bits per heavy atom. The fraction of sp³-hybridized carbons (Fsp3) is 0.0952. The van der Waals surface area contributed by atoms with E-state index in [2.05, 4.69) is 10.3 Å². The van der Waals surface area contributed by atoms with Crippen LogP contribution in [0.4, 0.5) is 0 Å². The molecular weight excluding hydrogens is 328 g/mol. The lowest BCUT2D eigenvalue weighted by Crippen LogP contribution is -2.31. The second-order valence-corrected chi connectivity index (χ2v) is 6.20. The number of nitrogens with one attached hydrogen (secondary N) is 1. The first-order valence-electron chi connectivity index (χ1n) is 8.33. The lowest BCUT2D eigenvalue weighted by Gasteiger charge is -2.16. The molecule has 0 fully saturated rings. The van der Waals surface area contributed by atoms with E-state index >= 15 is 0 Å². The second-order valence-electron chi connectivity index (χ2n) is 6.20. The van der Waals surface area contributed by atoms with Crippen LogP contribution in [0.1, 0.15) is 37.4 Å². The molecule has 0 aliphatic carbocycles. The van der Waals surface area contributed by atoms with Gasteiger partial charge >= 0.3 is 5.97 Å². The Bertz CT molecular complexity index is 1070. The number of carboxylic acid groups (broad SMARTS) is 1. The highest BCUT2D eigenvalue weighted by atomic mass is 16.4. The molecule has 0 bridgehead atoms. The van der Waals surface area contributed by atoms with Crippen molar-refractivity contribution in [1.82, 2.24) is 10.3 Å². The van der Waals surface area contributed by atoms with Crippen LogP contribution in [0.2, 0.25) is 0 Å². The standard InChI is InChI=1S/C21H16N2O3/c24-20-16-5-3-13(11-15(16)7-9-23-20)1-2-14-4-6-19-18(12-14)17(21(25)26)8-10-22-19/h1-6,8,10-12H,7,9H2,(H,23,24)(H,25,26). The number of rotatable bonds is 3. The normalized spacial score (nSPS) is 13.6. The minimum atomic E-state index is -0.966. The second kappa shape index (κ2) is 6.44. The summed E-state index contributed by atoms with van der Waals surface area (Å²) in [4.78, 5) is 27.4. The average Bonchev–Trinajstić information content (AvgIpc) is 2.65. The van der Waals surface area contributed by atoms with Gasteiger partial charge in [0.2, 0.25) is 0 Å². The number of pyridine rings is 1. The zero-order chi connectivity index (χ0) is 18.1. The number of benzene rings is 2. The third-order valence-electron chi connectivity index (χ3n) is 4.52. The van der Waals surface area contributed by atoms with Gasteiger partial charge in [0, 0.05) is 23.7 Å². The molecule has 0 atom stereocenters. The Kier molecular flexibility index (Phi) is 3.97. The van der Waals surface area contributed by atoms with Gasteiger partial charge in [-0.1, -0.05) is 30.4 Å². The fourth-order valence-electron chi connectivity index (χ4n) is 3.20. The largest absolute Gasteiger partial charge is 0.478 e. The van der Waals surface area contributed by atoms with Gasteiger partial charge in [-0.3, -0.25) is 9.78 Å². The monoisotopic (exact) mass is 344 g/mol. The highest BCUT2D eigenvalue weighted by molar-refractivity contribution is 6.03. The molecule has 26 heavy (non-hydrogen) atoms. The molecular formula is C21H16N2O3. The molecule has 2 aromatic carbocycles. The van der Waals surface area contributed by atoms with Gasteiger partial charge in [0.15, 0.2) is 0 Å². The van der Waals surface area contributed by atoms with E-state index in [9.17, 15) is 14.7 Å². The number of carboxylic acids is 1. The van der Waals surface area contributed by atoms with Gasteiger partial charge in [-0.05, 0) is 47.4 Å². The molecule has 0 saturated carbocycles. The summed E-state index contributed by atoms with van der Waals surface area (Å²) in [6, 6.07) is 12.8. The van der Waals surface area contributed by atoms with E-state index in [4.69, 9.17) is 0 Å². The van der Waals surface area contributed by atoms with E-state index in [-0.39, 0.29) is 11.5 Å². The first-order valence-corrected chi connectivity index (χ1v) is 8.33. The zero-order valence-corrected chi connectivity index (χ0v) is 13.9. The summed E-state index contributed by atoms with van der Waals surface area (Å²) in [6.45, 7) is 0.661. The summed E-state index contributed by atoms with van der Waals surface area (Å²) in [5.41, 5.74) is 4.57. The van der Waals surface area contributed by atoms with Crippen molar-refractivity contribution in [2.24, 2.45) is 0 Å². The van der Waals surface area contributed by atoms with Gasteiger partial charge in [0.25, 0.3) is 5.91 Å². The number of hydrogen-bond donors (Lipinski definition) is 2. The Balaban J connectivity index is 1.68. The Morgan fingerprint density at radius 1 is 1.08 bits per heavy atom. The van der Waals surface area contributed by atoms with Gasteiger partial charge in [-0.25, -0.2) is 4.79 Å². The molecule has 0 radical (unpaired) electrons. The first kappa shape index (κ1) is 16.0. The molecule has 5 nitrogen and oxygen atoms in total. The molecule has 128 valence electrons. The number of carbonyl (C=O) groups is 2. The lowest BCUT2D eigenvalue weighted by atomic mass is 9.97. The Hall–Kier alpha value is -3.47. The molecule has 0 unspecified atom stereocenters. The third kappa shape index (κ3) is 2.95. The molecule has 1 aliphatic rings. The van der Waals surface area contributed by atoms with E-state index in [0.29, 0.717) is 17.4 Å². The molecule has 4 rings (SSSR count). The molecule has 2 N–H and O–H groups in total. The topological polar surface area (TPSA) is 79.3 Å². The van der Waals surface area contributed by atoms with Crippen molar-refractivity contribution in [3.05, 3.63) is 76.5 Å². The predicted molar refractivity (Wildman–Crippen MR) is 100 cm³/mol. The lowest BCUT2D eigenvalue weighted by molar-refractivity contribution is 0.0698. The van der Waals surface area contributed by atoms with Crippen molar-refractivity contribution >= 4 is 34.9 Å². The van der Waals surface area contributed by atoms with Crippen molar-refractivity contribution in [2.75, 3.05) is 6.54 Å². The number of carbonyl (C=O) groups excluding carboxylic acids is 1. The minimum Gasteiger partial charge on any atom is -0.478 e. The smallest absolute Gasteiger partial charge is 0.336 e. The van der Waals surface area contributed by atoms with Crippen molar-refractivity contribution in [2.45, 2.75) is 6.42 Å². The molecule has 0 spiro atoms. The van der Waals surface area contributed by atoms with Gasteiger partial charge < -0.3 is 10.4 Å². The van der Waals surface area contributed by atoms with Crippen LogP contribution in [-0.4, -0.2) is 28.5 Å². The van der Waals surface area contributed by atoms with E-state index < -0.39 is 5.97 Å². The molecule has 2 heterocycles. The van der Waals surface area contributed by atoms with Crippen LogP contribution in [0, 0.1) is 0 Å². The van der Waals surface area contributed by atoms with Crippen LogP contribution >= 0.6 is 0 Å². The maximum absolute atomic E-state index is 11.8. The van der Waals surface area contributed by atoms with Crippen LogP contribution < -0.4 is 5.32 Å². The number of amides is 1. The first-order chi connectivity index (χ1) is 12.6. The molecule has 5 heteroatoms. The minimum absolute atomic E-state index is 0.0231. The number of hydrogen-bond acceptors (Lipinski definition) is 3. The quantitative estimate of drug-likeness (QED) is 0.714. The number of fused-ring (bicyclic) bond motifs is 2. The van der Waals surface area contributed by atoms with Crippen molar-refractivity contribution < 1.29 is 14.7 Å². The summed E-state index contributed by atoms with van der Waals surface area (Å²) >= 11 is 0. The van der Waals surface area contributed by atoms with Crippen LogP contribution in [0.15, 0.2) is 48.7 Å². The molecule has 1 aromatic heterocycles. The summed E-state index contributed by atoms with van der Waals surface area (Å²) in [7, 11) is 0. The van der Waals surface area contributed by atoms with Crippen LogP contribution in [0.3, 0.4) is 0 Å². The van der Waals surface area contributed by atoms with Gasteiger partial charge in [-0.2, -0.15) is 0 Å². The van der Waals surface area contributed by atoms with Gasteiger partial charge in [0.1, 0.15) is 0 Å². The number of aromatic nitrogens is 1. The summed E-state index contributed by atoms with van der Waals surface area (Å²) in [6.07, 6.45) is 6.23. The van der Waals surface area contributed by atoms with Gasteiger partial charge in [0.05, 0.1) is 11.1 Å². The molecule has 3 aromatic rings. The maximum atomic E-state index is 11.8. The number of aromatic carboxylic acids is 1. The van der Waals surface area contributed by atoms with E-state index in [1.165, 1.54) is 12.3 Å². The van der Waals surface area contributed by atoms with Crippen molar-refractivity contribution in [3.8, 4) is 0 Å². The van der Waals surface area contributed by atoms with E-state index in [1.54, 1.807) is 0 Å². The predicted octanol–water partition coefficient (Wildman–Crippen LogP) is 3.39. The number of nitrogens with zero attached hydrogens (tertiary/aromatic N) is 1. The van der Waals surface area contributed by atoms with Crippen molar-refractivity contribution in [1.29, 1.82) is 0 Å². The third-order valence-corrected chi connectivity index (χ3v) is 4.52. The highest BCUT2D eigenvalue weighted by Gasteiger charge is 2.15. The van der Waals surface area contributed by atoms with Crippen LogP contribution in [0.25, 0.3) is 23.1 Å². The SMILES string of the molecule is O=C1NCCc2cc(C=Cc3ccc4nccc(C(=O)O)c4c3)ccc21. The fourth-order valence-corrected chi connectivity index (χ4v) is 3.20. The Labute approximate surface area is 150 Å². The molecule has 0 saturated heterocycles. The van der Waals surface area contributed by atoms with Crippen molar-refractivity contribution in [3.63, 3.8) is 0 Å². The summed E-state index contributed by atoms with van der Waals surface area (Å²) < 4.78 is 0. The van der Waals surface area contributed by atoms with Crippen LogP contribution in [-0.2, 0) is 6.42 Å². The summed E-state index contributed by atoms with van der Waals surface area (Å²) in [5, 5.41) is 12.8. The molecule has 1 aliphatic heterocycles. The van der Waals surface area contributed by atoms with Gasteiger partial charge in [-0.15, -0.1) is 0 Å².